The molecular formula is C20H20N2O5. The van der Waals surface area contributed by atoms with Gasteiger partial charge < -0.3 is 14.8 Å². The topological polar surface area (TPSA) is 84.9 Å². The summed E-state index contributed by atoms with van der Waals surface area (Å²) < 4.78 is 10.8. The van der Waals surface area contributed by atoms with Crippen molar-refractivity contribution in [3.05, 3.63) is 65.2 Å². The maximum absolute atomic E-state index is 12.3. The van der Waals surface area contributed by atoms with Gasteiger partial charge in [-0.15, -0.1) is 0 Å². The molecule has 2 aromatic rings. The molecule has 27 heavy (non-hydrogen) atoms. The predicted molar refractivity (Wildman–Crippen MR) is 97.6 cm³/mol. The number of carbonyl (C=O) groups excluding carboxylic acids is 3. The summed E-state index contributed by atoms with van der Waals surface area (Å²) in [5.74, 6) is -0.710. The van der Waals surface area contributed by atoms with Gasteiger partial charge in [-0.05, 0) is 18.2 Å². The smallest absolute Gasteiger partial charge is 0.262 e. The monoisotopic (exact) mass is 368 g/mol. The number of methoxy groups -OCH3 is 2. The highest BCUT2D eigenvalue weighted by atomic mass is 16.5. The molecule has 0 fully saturated rings. The summed E-state index contributed by atoms with van der Waals surface area (Å²) in [7, 11) is 3.10. The first kappa shape index (κ1) is 18.6. The van der Waals surface area contributed by atoms with E-state index in [9.17, 15) is 14.4 Å². The molecule has 3 rings (SSSR count). The first-order valence-electron chi connectivity index (χ1n) is 8.44. The van der Waals surface area contributed by atoms with E-state index in [2.05, 4.69) is 5.32 Å². The Morgan fingerprint density at radius 2 is 1.59 bits per heavy atom. The maximum atomic E-state index is 12.3. The lowest BCUT2D eigenvalue weighted by Gasteiger charge is -2.20. The zero-order valence-corrected chi connectivity index (χ0v) is 15.1. The molecule has 7 nitrogen and oxygen atoms in total. The van der Waals surface area contributed by atoms with Crippen molar-refractivity contribution >= 4 is 17.7 Å². The fourth-order valence-corrected chi connectivity index (χ4v) is 3.04. The van der Waals surface area contributed by atoms with Gasteiger partial charge in [-0.3, -0.25) is 19.3 Å². The van der Waals surface area contributed by atoms with E-state index in [4.69, 9.17) is 9.47 Å². The Morgan fingerprint density at radius 1 is 1.00 bits per heavy atom. The second kappa shape index (κ2) is 8.01. The molecule has 2 aromatic carbocycles. The maximum Gasteiger partial charge on any atom is 0.262 e. The van der Waals surface area contributed by atoms with Gasteiger partial charge in [0.05, 0.1) is 18.2 Å². The van der Waals surface area contributed by atoms with Crippen molar-refractivity contribution in [1.29, 1.82) is 0 Å². The van der Waals surface area contributed by atoms with Crippen LogP contribution in [0.25, 0.3) is 0 Å². The molecule has 0 saturated carbocycles. The number of amides is 3. The van der Waals surface area contributed by atoms with E-state index in [1.54, 1.807) is 31.4 Å². The van der Waals surface area contributed by atoms with Gasteiger partial charge in [-0.1, -0.05) is 30.3 Å². The molecule has 0 saturated heterocycles. The van der Waals surface area contributed by atoms with Crippen LogP contribution in [-0.2, 0) is 9.53 Å². The fourth-order valence-electron chi connectivity index (χ4n) is 3.04. The highest BCUT2D eigenvalue weighted by Crippen LogP contribution is 2.26. The molecule has 1 atom stereocenters. The molecule has 0 aromatic heterocycles. The van der Waals surface area contributed by atoms with Crippen molar-refractivity contribution in [2.24, 2.45) is 0 Å². The van der Waals surface area contributed by atoms with Crippen molar-refractivity contribution in [1.82, 2.24) is 10.2 Å². The number of nitrogens with zero attached hydrogens (tertiary/aromatic N) is 1. The van der Waals surface area contributed by atoms with Gasteiger partial charge in [0.1, 0.15) is 18.4 Å². The van der Waals surface area contributed by atoms with Crippen LogP contribution in [0, 0.1) is 0 Å². The van der Waals surface area contributed by atoms with Crippen molar-refractivity contribution in [3.63, 3.8) is 0 Å². The zero-order chi connectivity index (χ0) is 19.4. The van der Waals surface area contributed by atoms with Crippen LogP contribution in [0.2, 0.25) is 0 Å². The molecule has 7 heteroatoms. The van der Waals surface area contributed by atoms with Crippen molar-refractivity contribution in [3.8, 4) is 5.75 Å². The fraction of sp³-hybridized carbons (Fsp3) is 0.250. The van der Waals surface area contributed by atoms with Crippen LogP contribution in [0.4, 0.5) is 0 Å². The molecule has 0 aliphatic carbocycles. The van der Waals surface area contributed by atoms with E-state index < -0.39 is 23.8 Å². The van der Waals surface area contributed by atoms with E-state index in [1.165, 1.54) is 7.11 Å². The Labute approximate surface area is 156 Å². The average Bonchev–Trinajstić information content (AvgIpc) is 2.94. The van der Waals surface area contributed by atoms with E-state index in [0.717, 1.165) is 10.5 Å². The third kappa shape index (κ3) is 3.68. The van der Waals surface area contributed by atoms with Gasteiger partial charge in [0, 0.05) is 19.2 Å². The lowest BCUT2D eigenvalue weighted by Crippen LogP contribution is -2.41. The number of hydrogen-bond acceptors (Lipinski definition) is 5. The standard InChI is InChI=1S/C20H20N2O5/c1-26-16-10-6-5-9-15(16)17(27-2)11-21-18(23)12-22-19(24)13-7-3-4-8-14(13)20(22)25/h3-10,17H,11-12H2,1-2H3,(H,21,23). The van der Waals surface area contributed by atoms with Gasteiger partial charge in [-0.25, -0.2) is 0 Å². The molecular weight excluding hydrogens is 348 g/mol. The van der Waals surface area contributed by atoms with Crippen LogP contribution < -0.4 is 10.1 Å². The van der Waals surface area contributed by atoms with Gasteiger partial charge >= 0.3 is 0 Å². The number of carbonyl (C=O) groups is 3. The minimum atomic E-state index is -0.459. The van der Waals surface area contributed by atoms with Gasteiger partial charge in [0.25, 0.3) is 11.8 Å². The Hall–Kier alpha value is -3.19. The first-order chi connectivity index (χ1) is 13.1. The molecule has 1 heterocycles. The van der Waals surface area contributed by atoms with Gasteiger partial charge in [0.2, 0.25) is 5.91 Å². The third-order valence-electron chi connectivity index (χ3n) is 4.43. The van der Waals surface area contributed by atoms with Crippen LogP contribution in [0.3, 0.4) is 0 Å². The van der Waals surface area contributed by atoms with Crippen LogP contribution in [0.5, 0.6) is 5.75 Å². The van der Waals surface area contributed by atoms with Crippen LogP contribution in [0.1, 0.15) is 32.4 Å². The predicted octanol–water partition coefficient (Wildman–Crippen LogP) is 1.80. The molecule has 3 amide bonds. The number of imide groups is 1. The largest absolute Gasteiger partial charge is 0.496 e. The third-order valence-corrected chi connectivity index (χ3v) is 4.43. The summed E-state index contributed by atoms with van der Waals surface area (Å²) in [5, 5.41) is 2.71. The first-order valence-corrected chi connectivity index (χ1v) is 8.44. The number of fused-ring (bicyclic) bond motifs is 1. The van der Waals surface area contributed by atoms with Crippen LogP contribution in [-0.4, -0.2) is 49.9 Å². The Balaban J connectivity index is 1.63. The molecule has 140 valence electrons. The van der Waals surface area contributed by atoms with E-state index in [0.29, 0.717) is 16.9 Å². The van der Waals surface area contributed by atoms with E-state index in [1.807, 2.05) is 24.3 Å². The normalized spacial score (nSPS) is 14.1. The van der Waals surface area contributed by atoms with E-state index >= 15 is 0 Å². The summed E-state index contributed by atoms with van der Waals surface area (Å²) in [6.07, 6.45) is -0.424. The second-order valence-electron chi connectivity index (χ2n) is 6.01. The summed E-state index contributed by atoms with van der Waals surface area (Å²) in [6, 6.07) is 13.9. The number of nitrogens with one attached hydrogen (secondary N) is 1. The molecule has 0 radical (unpaired) electrons. The number of ether oxygens (including phenoxy) is 2. The van der Waals surface area contributed by atoms with Crippen molar-refractivity contribution < 1.29 is 23.9 Å². The zero-order valence-electron chi connectivity index (χ0n) is 15.1. The Kier molecular flexibility index (Phi) is 5.52. The molecule has 1 aliphatic rings. The highest BCUT2D eigenvalue weighted by Gasteiger charge is 2.36. The molecule has 0 spiro atoms. The number of hydrogen-bond donors (Lipinski definition) is 1. The molecule has 1 N–H and O–H groups in total. The molecule has 1 aliphatic heterocycles. The quantitative estimate of drug-likeness (QED) is 0.753. The van der Waals surface area contributed by atoms with Crippen molar-refractivity contribution in [2.45, 2.75) is 6.10 Å². The lowest BCUT2D eigenvalue weighted by molar-refractivity contribution is -0.122. The molecule has 0 bridgehead atoms. The lowest BCUT2D eigenvalue weighted by atomic mass is 10.1. The van der Waals surface area contributed by atoms with Gasteiger partial charge in [-0.2, -0.15) is 0 Å². The number of rotatable bonds is 7. The second-order valence-corrected chi connectivity index (χ2v) is 6.01. The molecule has 1 unspecified atom stereocenters. The van der Waals surface area contributed by atoms with E-state index in [-0.39, 0.29) is 13.1 Å². The summed E-state index contributed by atoms with van der Waals surface area (Å²) >= 11 is 0. The minimum Gasteiger partial charge on any atom is -0.496 e. The summed E-state index contributed by atoms with van der Waals surface area (Å²) in [6.45, 7) is -0.159. The summed E-state index contributed by atoms with van der Waals surface area (Å²) in [5.41, 5.74) is 1.43. The van der Waals surface area contributed by atoms with Crippen LogP contribution in [0.15, 0.2) is 48.5 Å². The minimum absolute atomic E-state index is 0.179. The highest BCUT2D eigenvalue weighted by molar-refractivity contribution is 6.22. The number of benzene rings is 2. The Bertz CT molecular complexity index is 845. The average molecular weight is 368 g/mol. The Morgan fingerprint density at radius 3 is 2.19 bits per heavy atom. The van der Waals surface area contributed by atoms with Crippen molar-refractivity contribution in [2.75, 3.05) is 27.3 Å². The van der Waals surface area contributed by atoms with Crippen LogP contribution >= 0.6 is 0 Å². The SMILES string of the molecule is COc1ccccc1C(CNC(=O)CN1C(=O)c2ccccc2C1=O)OC. The number of para-hydroxylation sites is 1. The van der Waals surface area contributed by atoms with Gasteiger partial charge in [0.15, 0.2) is 0 Å². The summed E-state index contributed by atoms with van der Waals surface area (Å²) in [4.78, 5) is 37.9.